The van der Waals surface area contributed by atoms with E-state index in [1.807, 2.05) is 0 Å². The molecular weight excluding hydrogens is 134 g/mol. The Hall–Kier alpha value is -0.0400. The van der Waals surface area contributed by atoms with Gasteiger partial charge in [-0.3, -0.25) is 0 Å². The Morgan fingerprint density at radius 1 is 1.09 bits per heavy atom. The largest absolute Gasteiger partial charge is 0.330 e. The van der Waals surface area contributed by atoms with E-state index in [4.69, 9.17) is 5.73 Å². The third-order valence-corrected chi connectivity index (χ3v) is 2.73. The normalized spacial score (nSPS) is 16.4. The Kier molecular flexibility index (Phi) is 6.63. The van der Waals surface area contributed by atoms with E-state index in [9.17, 15) is 0 Å². The zero-order valence-electron chi connectivity index (χ0n) is 8.27. The average molecular weight is 157 g/mol. The summed E-state index contributed by atoms with van der Waals surface area (Å²) < 4.78 is 0. The molecule has 0 radical (unpaired) electrons. The number of hydrogen-bond acceptors (Lipinski definition) is 1. The van der Waals surface area contributed by atoms with Crippen molar-refractivity contribution >= 4 is 0 Å². The zero-order valence-corrected chi connectivity index (χ0v) is 8.27. The van der Waals surface area contributed by atoms with Crippen LogP contribution in [0.1, 0.15) is 46.5 Å². The van der Waals surface area contributed by atoms with Crippen molar-refractivity contribution in [2.24, 2.45) is 17.6 Å². The van der Waals surface area contributed by atoms with Crippen molar-refractivity contribution in [3.05, 3.63) is 0 Å². The van der Waals surface area contributed by atoms with Gasteiger partial charge in [0.2, 0.25) is 0 Å². The fraction of sp³-hybridized carbons (Fsp3) is 1.00. The highest BCUT2D eigenvalue weighted by atomic mass is 14.5. The minimum atomic E-state index is 0.854. The van der Waals surface area contributed by atoms with Gasteiger partial charge in [0.05, 0.1) is 0 Å². The van der Waals surface area contributed by atoms with Crippen molar-refractivity contribution < 1.29 is 0 Å². The molecule has 0 aliphatic rings. The third-order valence-electron chi connectivity index (χ3n) is 2.73. The van der Waals surface area contributed by atoms with Crippen molar-refractivity contribution in [1.29, 1.82) is 0 Å². The molecule has 0 aromatic carbocycles. The highest BCUT2D eigenvalue weighted by Crippen LogP contribution is 2.19. The summed E-state index contributed by atoms with van der Waals surface area (Å²) in [6.07, 6.45) is 5.17. The summed E-state index contributed by atoms with van der Waals surface area (Å²) in [7, 11) is 0. The fourth-order valence-electron chi connectivity index (χ4n) is 1.30. The van der Waals surface area contributed by atoms with Crippen LogP contribution in [0.2, 0.25) is 0 Å². The first-order chi connectivity index (χ1) is 5.22. The van der Waals surface area contributed by atoms with Gasteiger partial charge in [-0.15, -0.1) is 0 Å². The van der Waals surface area contributed by atoms with Gasteiger partial charge in [0.15, 0.2) is 0 Å². The van der Waals surface area contributed by atoms with E-state index in [0.29, 0.717) is 0 Å². The smallest absolute Gasteiger partial charge is 0.00773 e. The molecule has 0 rings (SSSR count). The summed E-state index contributed by atoms with van der Waals surface area (Å²) in [5.74, 6) is 1.76. The number of unbranched alkanes of at least 4 members (excludes halogenated alkanes) is 1. The molecule has 2 unspecified atom stereocenters. The number of hydrogen-bond donors (Lipinski definition) is 1. The second-order valence-corrected chi connectivity index (χ2v) is 3.65. The quantitative estimate of drug-likeness (QED) is 0.589. The first kappa shape index (κ1) is 11.0. The van der Waals surface area contributed by atoms with E-state index in [2.05, 4.69) is 20.8 Å². The maximum absolute atomic E-state index is 5.42. The highest BCUT2D eigenvalue weighted by Gasteiger charge is 2.08. The fourth-order valence-corrected chi connectivity index (χ4v) is 1.30. The second kappa shape index (κ2) is 6.66. The van der Waals surface area contributed by atoms with Crippen LogP contribution in [0.15, 0.2) is 0 Å². The maximum Gasteiger partial charge on any atom is -0.00773 e. The van der Waals surface area contributed by atoms with E-state index in [0.717, 1.165) is 18.4 Å². The molecule has 1 heteroatoms. The molecular formula is C10H23N. The van der Waals surface area contributed by atoms with E-state index in [1.54, 1.807) is 0 Å². The van der Waals surface area contributed by atoms with Gasteiger partial charge in [-0.05, 0) is 24.8 Å². The molecule has 0 heterocycles. The first-order valence-electron chi connectivity index (χ1n) is 4.92. The van der Waals surface area contributed by atoms with Gasteiger partial charge in [-0.25, -0.2) is 0 Å². The van der Waals surface area contributed by atoms with E-state index in [1.165, 1.54) is 25.7 Å². The van der Waals surface area contributed by atoms with Crippen molar-refractivity contribution in [3.63, 3.8) is 0 Å². The van der Waals surface area contributed by atoms with Crippen LogP contribution in [0, 0.1) is 11.8 Å². The predicted molar refractivity (Wildman–Crippen MR) is 51.5 cm³/mol. The molecule has 0 aliphatic heterocycles. The standard InChI is InChI=1S/C10H23N/c1-4-9(2)10(3)7-5-6-8-11/h9-10H,4-8,11H2,1-3H3. The molecule has 0 aromatic rings. The summed E-state index contributed by atoms with van der Waals surface area (Å²) in [5.41, 5.74) is 5.42. The average Bonchev–Trinajstić information content (AvgIpc) is 2.03. The SMILES string of the molecule is CCC(C)C(C)CCCCN. The van der Waals surface area contributed by atoms with Crippen LogP contribution in [0.4, 0.5) is 0 Å². The molecule has 0 saturated carbocycles. The Morgan fingerprint density at radius 3 is 2.18 bits per heavy atom. The zero-order chi connectivity index (χ0) is 8.69. The summed E-state index contributed by atoms with van der Waals surface area (Å²) in [6.45, 7) is 7.81. The minimum Gasteiger partial charge on any atom is -0.330 e. The summed E-state index contributed by atoms with van der Waals surface area (Å²) in [4.78, 5) is 0. The number of nitrogens with two attached hydrogens (primary N) is 1. The van der Waals surface area contributed by atoms with E-state index >= 15 is 0 Å². The van der Waals surface area contributed by atoms with Gasteiger partial charge in [0.25, 0.3) is 0 Å². The molecule has 2 N–H and O–H groups in total. The lowest BCUT2D eigenvalue weighted by atomic mass is 9.89. The van der Waals surface area contributed by atoms with Crippen LogP contribution in [0.5, 0.6) is 0 Å². The molecule has 0 fully saturated rings. The van der Waals surface area contributed by atoms with Crippen LogP contribution in [0.3, 0.4) is 0 Å². The van der Waals surface area contributed by atoms with Gasteiger partial charge >= 0.3 is 0 Å². The van der Waals surface area contributed by atoms with Gasteiger partial charge in [0.1, 0.15) is 0 Å². The summed E-state index contributed by atoms with van der Waals surface area (Å²) in [6, 6.07) is 0. The molecule has 1 nitrogen and oxygen atoms in total. The van der Waals surface area contributed by atoms with Crippen molar-refractivity contribution in [3.8, 4) is 0 Å². The van der Waals surface area contributed by atoms with Gasteiger partial charge < -0.3 is 5.73 Å². The third kappa shape index (κ3) is 5.25. The molecule has 2 atom stereocenters. The Morgan fingerprint density at radius 2 is 1.73 bits per heavy atom. The van der Waals surface area contributed by atoms with Crippen LogP contribution in [-0.2, 0) is 0 Å². The molecule has 0 spiro atoms. The molecule has 11 heavy (non-hydrogen) atoms. The van der Waals surface area contributed by atoms with E-state index < -0.39 is 0 Å². The second-order valence-electron chi connectivity index (χ2n) is 3.65. The maximum atomic E-state index is 5.42. The van der Waals surface area contributed by atoms with Crippen LogP contribution in [0.25, 0.3) is 0 Å². The van der Waals surface area contributed by atoms with Gasteiger partial charge in [-0.2, -0.15) is 0 Å². The van der Waals surface area contributed by atoms with Crippen molar-refractivity contribution in [2.75, 3.05) is 6.54 Å². The highest BCUT2D eigenvalue weighted by molar-refractivity contribution is 4.60. The first-order valence-corrected chi connectivity index (χ1v) is 4.92. The predicted octanol–water partition coefficient (Wildman–Crippen LogP) is 2.80. The Bertz CT molecular complexity index is 80.9. The lowest BCUT2D eigenvalue weighted by Gasteiger charge is -2.17. The molecule has 68 valence electrons. The molecule has 0 amide bonds. The lowest BCUT2D eigenvalue weighted by molar-refractivity contribution is 0.345. The van der Waals surface area contributed by atoms with Crippen LogP contribution >= 0.6 is 0 Å². The minimum absolute atomic E-state index is 0.854. The van der Waals surface area contributed by atoms with Gasteiger partial charge in [-0.1, -0.05) is 40.0 Å². The lowest BCUT2D eigenvalue weighted by Crippen LogP contribution is -2.07. The molecule has 0 bridgehead atoms. The van der Waals surface area contributed by atoms with Crippen LogP contribution in [-0.4, -0.2) is 6.54 Å². The Balaban J connectivity index is 3.28. The number of rotatable bonds is 6. The van der Waals surface area contributed by atoms with Gasteiger partial charge in [0, 0.05) is 0 Å². The van der Waals surface area contributed by atoms with E-state index in [-0.39, 0.29) is 0 Å². The van der Waals surface area contributed by atoms with Crippen molar-refractivity contribution in [2.45, 2.75) is 46.5 Å². The summed E-state index contributed by atoms with van der Waals surface area (Å²) >= 11 is 0. The Labute approximate surface area is 71.4 Å². The molecule has 0 aromatic heterocycles. The molecule has 0 saturated heterocycles. The topological polar surface area (TPSA) is 26.0 Å². The molecule has 0 aliphatic carbocycles. The van der Waals surface area contributed by atoms with Crippen molar-refractivity contribution in [1.82, 2.24) is 0 Å². The summed E-state index contributed by atoms with van der Waals surface area (Å²) in [5, 5.41) is 0. The monoisotopic (exact) mass is 157 g/mol. The van der Waals surface area contributed by atoms with Crippen LogP contribution < -0.4 is 5.73 Å².